The molecule has 0 aliphatic carbocycles. The second kappa shape index (κ2) is 6.19. The zero-order valence-corrected chi connectivity index (χ0v) is 12.0. The van der Waals surface area contributed by atoms with Crippen LogP contribution in [-0.4, -0.2) is 41.4 Å². The van der Waals surface area contributed by atoms with Crippen LogP contribution in [0.4, 0.5) is 5.82 Å². The molecule has 112 valence electrons. The molecule has 1 aliphatic heterocycles. The quantitative estimate of drug-likeness (QED) is 0.904. The standard InChI is InChI=1S/C14H19N5O2/c1-20-9-12-17-14(21-18-12)11-5-2-6-16-13(11)19-7-3-4-10(15)8-19/h2,5-6,10H,3-4,7-9,15H2,1H3. The van der Waals surface area contributed by atoms with E-state index < -0.39 is 0 Å². The van der Waals surface area contributed by atoms with Crippen LogP contribution >= 0.6 is 0 Å². The molecule has 2 aromatic heterocycles. The molecule has 0 bridgehead atoms. The van der Waals surface area contributed by atoms with Crippen LogP contribution in [-0.2, 0) is 11.3 Å². The van der Waals surface area contributed by atoms with Crippen LogP contribution in [0.15, 0.2) is 22.9 Å². The second-order valence-electron chi connectivity index (χ2n) is 5.17. The molecular formula is C14H19N5O2. The first-order chi connectivity index (χ1) is 10.3. The third-order valence-corrected chi connectivity index (χ3v) is 3.52. The van der Waals surface area contributed by atoms with Gasteiger partial charge in [-0.2, -0.15) is 4.98 Å². The van der Waals surface area contributed by atoms with Crippen molar-refractivity contribution in [3.05, 3.63) is 24.2 Å². The third-order valence-electron chi connectivity index (χ3n) is 3.52. The molecule has 0 spiro atoms. The van der Waals surface area contributed by atoms with Gasteiger partial charge in [0.15, 0.2) is 5.82 Å². The predicted molar refractivity (Wildman–Crippen MR) is 77.7 cm³/mol. The van der Waals surface area contributed by atoms with Crippen molar-refractivity contribution in [1.82, 2.24) is 15.1 Å². The van der Waals surface area contributed by atoms with E-state index in [4.69, 9.17) is 15.0 Å². The number of hydrogen-bond donors (Lipinski definition) is 1. The van der Waals surface area contributed by atoms with Crippen LogP contribution in [0, 0.1) is 0 Å². The molecule has 1 unspecified atom stereocenters. The van der Waals surface area contributed by atoms with Gasteiger partial charge < -0.3 is 19.9 Å². The van der Waals surface area contributed by atoms with Crippen LogP contribution in [0.2, 0.25) is 0 Å². The van der Waals surface area contributed by atoms with E-state index in [9.17, 15) is 0 Å². The van der Waals surface area contributed by atoms with E-state index in [0.29, 0.717) is 18.3 Å². The Morgan fingerprint density at radius 1 is 1.52 bits per heavy atom. The Kier molecular flexibility index (Phi) is 4.12. The molecule has 0 saturated carbocycles. The lowest BCUT2D eigenvalue weighted by Gasteiger charge is -2.32. The highest BCUT2D eigenvalue weighted by Crippen LogP contribution is 2.29. The van der Waals surface area contributed by atoms with Crippen molar-refractivity contribution in [2.75, 3.05) is 25.1 Å². The number of rotatable bonds is 4. The smallest absolute Gasteiger partial charge is 0.261 e. The van der Waals surface area contributed by atoms with Gasteiger partial charge in [0.25, 0.3) is 5.89 Å². The fraction of sp³-hybridized carbons (Fsp3) is 0.500. The second-order valence-corrected chi connectivity index (χ2v) is 5.17. The van der Waals surface area contributed by atoms with Crippen LogP contribution < -0.4 is 10.6 Å². The number of ether oxygens (including phenoxy) is 1. The van der Waals surface area contributed by atoms with E-state index in [1.807, 2.05) is 12.1 Å². The fourth-order valence-electron chi connectivity index (χ4n) is 2.57. The summed E-state index contributed by atoms with van der Waals surface area (Å²) in [5, 5.41) is 3.90. The Morgan fingerprint density at radius 3 is 3.24 bits per heavy atom. The summed E-state index contributed by atoms with van der Waals surface area (Å²) in [6.45, 7) is 2.06. The SMILES string of the molecule is COCc1noc(-c2cccnc2N2CCCC(N)C2)n1. The zero-order valence-electron chi connectivity index (χ0n) is 12.0. The van der Waals surface area contributed by atoms with Gasteiger partial charge in [0, 0.05) is 32.4 Å². The summed E-state index contributed by atoms with van der Waals surface area (Å²) in [6.07, 6.45) is 3.89. The maximum atomic E-state index is 6.06. The maximum absolute atomic E-state index is 6.06. The summed E-state index contributed by atoms with van der Waals surface area (Å²) >= 11 is 0. The minimum absolute atomic E-state index is 0.181. The Bertz CT molecular complexity index is 601. The number of nitrogens with two attached hydrogens (primary N) is 1. The summed E-state index contributed by atoms with van der Waals surface area (Å²) in [6, 6.07) is 3.98. The molecule has 1 saturated heterocycles. The molecule has 1 aliphatic rings. The van der Waals surface area contributed by atoms with Gasteiger partial charge in [-0.05, 0) is 25.0 Å². The predicted octanol–water partition coefficient (Wildman–Crippen LogP) is 1.21. The first kappa shape index (κ1) is 14.0. The number of hydrogen-bond acceptors (Lipinski definition) is 7. The van der Waals surface area contributed by atoms with E-state index in [0.717, 1.165) is 37.3 Å². The molecule has 7 heteroatoms. The Balaban J connectivity index is 1.91. The van der Waals surface area contributed by atoms with Crippen LogP contribution in [0.5, 0.6) is 0 Å². The van der Waals surface area contributed by atoms with Gasteiger partial charge in [-0.15, -0.1) is 0 Å². The van der Waals surface area contributed by atoms with Crippen LogP contribution in [0.25, 0.3) is 11.5 Å². The normalized spacial score (nSPS) is 19.0. The van der Waals surface area contributed by atoms with Crippen molar-refractivity contribution < 1.29 is 9.26 Å². The van der Waals surface area contributed by atoms with E-state index in [2.05, 4.69) is 20.0 Å². The molecule has 3 rings (SSSR count). The van der Waals surface area contributed by atoms with Crippen molar-refractivity contribution >= 4 is 5.82 Å². The number of nitrogens with zero attached hydrogens (tertiary/aromatic N) is 4. The summed E-state index contributed by atoms with van der Waals surface area (Å²) in [5.74, 6) is 1.84. The number of piperidine rings is 1. The summed E-state index contributed by atoms with van der Waals surface area (Å²) in [5.41, 5.74) is 6.89. The lowest BCUT2D eigenvalue weighted by Crippen LogP contribution is -2.43. The lowest BCUT2D eigenvalue weighted by atomic mass is 10.1. The van der Waals surface area contributed by atoms with Gasteiger partial charge in [0.05, 0.1) is 5.56 Å². The fourth-order valence-corrected chi connectivity index (χ4v) is 2.57. The first-order valence-corrected chi connectivity index (χ1v) is 7.05. The monoisotopic (exact) mass is 289 g/mol. The molecule has 0 aromatic carbocycles. The average molecular weight is 289 g/mol. The molecule has 1 fully saturated rings. The molecule has 0 amide bonds. The van der Waals surface area contributed by atoms with Gasteiger partial charge in [-0.1, -0.05) is 5.16 Å². The topological polar surface area (TPSA) is 90.3 Å². The van der Waals surface area contributed by atoms with Gasteiger partial charge in [0.1, 0.15) is 12.4 Å². The van der Waals surface area contributed by atoms with Crippen molar-refractivity contribution in [2.24, 2.45) is 5.73 Å². The number of methoxy groups -OCH3 is 1. The average Bonchev–Trinajstić information content (AvgIpc) is 2.96. The summed E-state index contributed by atoms with van der Waals surface area (Å²) < 4.78 is 10.3. The highest BCUT2D eigenvalue weighted by Gasteiger charge is 2.22. The Hall–Kier alpha value is -1.99. The first-order valence-electron chi connectivity index (χ1n) is 7.05. The van der Waals surface area contributed by atoms with E-state index in [-0.39, 0.29) is 6.04 Å². The number of aromatic nitrogens is 3. The Morgan fingerprint density at radius 2 is 2.43 bits per heavy atom. The van der Waals surface area contributed by atoms with Gasteiger partial charge in [-0.3, -0.25) is 0 Å². The highest BCUT2D eigenvalue weighted by atomic mass is 16.5. The van der Waals surface area contributed by atoms with Crippen LogP contribution in [0.1, 0.15) is 18.7 Å². The molecule has 2 N–H and O–H groups in total. The zero-order chi connectivity index (χ0) is 14.7. The molecule has 0 radical (unpaired) electrons. The van der Waals surface area contributed by atoms with Gasteiger partial charge >= 0.3 is 0 Å². The number of pyridine rings is 1. The van der Waals surface area contributed by atoms with Crippen LogP contribution in [0.3, 0.4) is 0 Å². The minimum Gasteiger partial charge on any atom is -0.377 e. The molecule has 7 nitrogen and oxygen atoms in total. The minimum atomic E-state index is 0.181. The molecule has 21 heavy (non-hydrogen) atoms. The largest absolute Gasteiger partial charge is 0.377 e. The molecular weight excluding hydrogens is 270 g/mol. The highest BCUT2D eigenvalue weighted by molar-refractivity contribution is 5.69. The lowest BCUT2D eigenvalue weighted by molar-refractivity contribution is 0.174. The summed E-state index contributed by atoms with van der Waals surface area (Å²) in [4.78, 5) is 11.0. The van der Waals surface area contributed by atoms with E-state index in [1.165, 1.54) is 0 Å². The van der Waals surface area contributed by atoms with E-state index in [1.54, 1.807) is 13.3 Å². The molecule has 2 aromatic rings. The molecule has 3 heterocycles. The number of anilines is 1. The Labute approximate surface area is 123 Å². The van der Waals surface area contributed by atoms with Gasteiger partial charge in [0.2, 0.25) is 0 Å². The van der Waals surface area contributed by atoms with Crippen molar-refractivity contribution in [1.29, 1.82) is 0 Å². The van der Waals surface area contributed by atoms with Crippen molar-refractivity contribution in [3.8, 4) is 11.5 Å². The van der Waals surface area contributed by atoms with Gasteiger partial charge in [-0.25, -0.2) is 4.98 Å². The maximum Gasteiger partial charge on any atom is 0.261 e. The van der Waals surface area contributed by atoms with Crippen molar-refractivity contribution in [2.45, 2.75) is 25.5 Å². The van der Waals surface area contributed by atoms with Crippen molar-refractivity contribution in [3.63, 3.8) is 0 Å². The summed E-state index contributed by atoms with van der Waals surface area (Å²) in [7, 11) is 1.60. The van der Waals surface area contributed by atoms with E-state index >= 15 is 0 Å². The molecule has 1 atom stereocenters. The third kappa shape index (κ3) is 3.03.